The number of hydrogen-bond donors (Lipinski definition) is 3. The van der Waals surface area contributed by atoms with Crippen molar-refractivity contribution in [2.75, 3.05) is 11.9 Å². The Balaban J connectivity index is 1.14. The predicted octanol–water partition coefficient (Wildman–Crippen LogP) is 6.51. The van der Waals surface area contributed by atoms with Gasteiger partial charge in [-0.15, -0.1) is 6.58 Å². The number of furan rings is 1. The Morgan fingerprint density at radius 1 is 1.02 bits per heavy atom. The number of benzene rings is 3. The minimum absolute atomic E-state index is 0.0178. The summed E-state index contributed by atoms with van der Waals surface area (Å²) in [6, 6.07) is 18.3. The number of nitrogens with one attached hydrogen (secondary N) is 3. The minimum atomic E-state index is -3.93. The summed E-state index contributed by atoms with van der Waals surface area (Å²) in [5.41, 5.74) is 0.221. The first kappa shape index (κ1) is 41.7. The average molecular weight is 853 g/mol. The number of sulfonamides is 1. The number of likely N-dealkylation sites (tertiary alicyclic amines) is 1. The number of hydrogen-bond acceptors (Lipinski definition) is 11. The largest absolute Gasteiger partial charge is 0.491 e. The van der Waals surface area contributed by atoms with Crippen LogP contribution in [-0.2, 0) is 24.4 Å². The third-order valence-electron chi connectivity index (χ3n) is 11.3. The molecule has 2 aliphatic carbocycles. The Morgan fingerprint density at radius 2 is 1.72 bits per heavy atom. The number of aromatic nitrogens is 2. The van der Waals surface area contributed by atoms with Crippen molar-refractivity contribution < 1.29 is 41.1 Å². The van der Waals surface area contributed by atoms with Crippen LogP contribution < -0.4 is 24.8 Å². The maximum atomic E-state index is 14.9. The Labute approximate surface area is 353 Å². The van der Waals surface area contributed by atoms with Gasteiger partial charge in [0.25, 0.3) is 11.8 Å². The molecule has 2 aromatic heterocycles. The van der Waals surface area contributed by atoms with Gasteiger partial charge in [0.15, 0.2) is 5.82 Å². The molecule has 0 spiro atoms. The summed E-state index contributed by atoms with van der Waals surface area (Å²) in [5.74, 6) is -1.82. The molecule has 2 unspecified atom stereocenters. The second-order valence-corrected chi connectivity index (χ2v) is 19.4. The quantitative estimate of drug-likeness (QED) is 0.104. The van der Waals surface area contributed by atoms with Gasteiger partial charge >= 0.3 is 0 Å². The molecule has 2 saturated carbocycles. The summed E-state index contributed by atoms with van der Waals surface area (Å²) in [7, 11) is -3.93. The zero-order valence-corrected chi connectivity index (χ0v) is 35.4. The van der Waals surface area contributed by atoms with E-state index in [4.69, 9.17) is 23.9 Å². The van der Waals surface area contributed by atoms with Gasteiger partial charge in [0, 0.05) is 29.0 Å². The smallest absolute Gasteiger partial charge is 0.262 e. The van der Waals surface area contributed by atoms with Gasteiger partial charge in [-0.25, -0.2) is 17.8 Å². The van der Waals surface area contributed by atoms with Crippen molar-refractivity contribution in [3.05, 3.63) is 91.3 Å². The molecule has 320 valence electrons. The van der Waals surface area contributed by atoms with Gasteiger partial charge in [-0.05, 0) is 99.2 Å². The average Bonchev–Trinajstić information content (AvgIpc) is 4.12. The van der Waals surface area contributed by atoms with E-state index < -0.39 is 73.9 Å². The number of rotatable bonds is 14. The van der Waals surface area contributed by atoms with E-state index >= 15 is 0 Å². The molecule has 0 radical (unpaired) electrons. The molecule has 1 saturated heterocycles. The van der Waals surface area contributed by atoms with Crippen molar-refractivity contribution in [1.82, 2.24) is 24.9 Å². The van der Waals surface area contributed by atoms with E-state index in [0.717, 1.165) is 5.39 Å². The number of carbonyl (C=O) groups excluding carboxylic acids is 3. The topological polar surface area (TPSA) is 182 Å². The first-order valence-corrected chi connectivity index (χ1v) is 22.0. The number of amides is 3. The highest BCUT2D eigenvalue weighted by molar-refractivity contribution is 7.91. The molecule has 3 fully saturated rings. The zero-order valence-electron chi connectivity index (χ0n) is 34.6. The highest BCUT2D eigenvalue weighted by atomic mass is 32.2. The van der Waals surface area contributed by atoms with E-state index in [1.165, 1.54) is 35.2 Å². The van der Waals surface area contributed by atoms with Crippen molar-refractivity contribution in [3.63, 3.8) is 0 Å². The summed E-state index contributed by atoms with van der Waals surface area (Å²) in [4.78, 5) is 54.2. The lowest BCUT2D eigenvalue weighted by atomic mass is 9.85. The molecule has 3 heterocycles. The van der Waals surface area contributed by atoms with Crippen molar-refractivity contribution in [1.29, 1.82) is 0 Å². The summed E-state index contributed by atoms with van der Waals surface area (Å²) in [5, 5.41) is 6.16. The van der Waals surface area contributed by atoms with Crippen LogP contribution in [0.15, 0.2) is 89.9 Å². The third kappa shape index (κ3) is 8.50. The fourth-order valence-corrected chi connectivity index (χ4v) is 9.17. The number of carbonyl (C=O) groups is 3. The van der Waals surface area contributed by atoms with Gasteiger partial charge in [0.1, 0.15) is 46.4 Å². The molecule has 14 nitrogen and oxygen atoms in total. The summed E-state index contributed by atoms with van der Waals surface area (Å²) < 4.78 is 60.5. The van der Waals surface area contributed by atoms with E-state index in [1.807, 2.05) is 83.1 Å². The van der Waals surface area contributed by atoms with Crippen LogP contribution in [0.1, 0.15) is 60.3 Å². The molecular weight excluding hydrogens is 804 g/mol. The van der Waals surface area contributed by atoms with Gasteiger partial charge in [0.2, 0.25) is 27.4 Å². The van der Waals surface area contributed by atoms with Crippen molar-refractivity contribution >= 4 is 55.5 Å². The Kier molecular flexibility index (Phi) is 10.8. The van der Waals surface area contributed by atoms with E-state index in [0.29, 0.717) is 46.8 Å². The van der Waals surface area contributed by atoms with Crippen LogP contribution in [0.25, 0.3) is 33.5 Å². The van der Waals surface area contributed by atoms with Crippen LogP contribution in [0.5, 0.6) is 11.6 Å². The van der Waals surface area contributed by atoms with Crippen LogP contribution in [-0.4, -0.2) is 82.6 Å². The maximum absolute atomic E-state index is 14.9. The van der Waals surface area contributed by atoms with E-state index in [2.05, 4.69) is 21.9 Å². The first-order chi connectivity index (χ1) is 29.0. The van der Waals surface area contributed by atoms with Crippen LogP contribution >= 0.6 is 0 Å². The second kappa shape index (κ2) is 15.8. The Hall–Kier alpha value is -6.03. The standard InChI is InChI=1S/C45H49FN6O8S/c1-7-27-23-45(27,43(55)51-61(56,57)32-20-21-32)50-40(53)34-22-31(24-52(34)42(54)38(44(4,5)6)47-29-16-14-28(46)15-17-29)59-41-37-36(33-10-8-9-11-35(33)60-37)48-39(49-41)26-12-18-30(19-13-26)58-25(2)3/h7-19,25,27,31-32,34,38,47H,1,20-24H2,2-6H3,(H,50,53)(H,51,55)/t27-,31-,34+,38?,45?/m1/s1. The molecule has 3 amide bonds. The fourth-order valence-electron chi connectivity index (χ4n) is 7.81. The Morgan fingerprint density at radius 3 is 2.36 bits per heavy atom. The molecule has 3 N–H and O–H groups in total. The number of halogens is 1. The molecule has 5 aromatic rings. The normalized spacial score (nSPS) is 21.9. The van der Waals surface area contributed by atoms with Gasteiger partial charge in [-0.3, -0.25) is 19.1 Å². The molecule has 61 heavy (non-hydrogen) atoms. The maximum Gasteiger partial charge on any atom is 0.262 e. The lowest BCUT2D eigenvalue weighted by Gasteiger charge is -2.36. The van der Waals surface area contributed by atoms with Gasteiger partial charge < -0.3 is 29.4 Å². The van der Waals surface area contributed by atoms with Gasteiger partial charge in [0.05, 0.1) is 17.9 Å². The molecule has 5 atom stereocenters. The lowest BCUT2D eigenvalue weighted by molar-refractivity contribution is -0.141. The molecule has 16 heteroatoms. The van der Waals surface area contributed by atoms with Crippen molar-refractivity contribution in [3.8, 4) is 23.0 Å². The van der Waals surface area contributed by atoms with Crippen LogP contribution in [0.3, 0.4) is 0 Å². The monoisotopic (exact) mass is 852 g/mol. The number of para-hydroxylation sites is 1. The van der Waals surface area contributed by atoms with E-state index in [-0.39, 0.29) is 37.0 Å². The molecule has 8 rings (SSSR count). The Bertz CT molecular complexity index is 2620. The number of ether oxygens (including phenoxy) is 2. The van der Waals surface area contributed by atoms with E-state index in [1.54, 1.807) is 0 Å². The third-order valence-corrected chi connectivity index (χ3v) is 13.1. The zero-order chi connectivity index (χ0) is 43.4. The molecule has 0 bridgehead atoms. The highest BCUT2D eigenvalue weighted by Gasteiger charge is 2.62. The summed E-state index contributed by atoms with van der Waals surface area (Å²) >= 11 is 0. The predicted molar refractivity (Wildman–Crippen MR) is 228 cm³/mol. The first-order valence-electron chi connectivity index (χ1n) is 20.4. The van der Waals surface area contributed by atoms with Crippen LogP contribution in [0, 0.1) is 17.2 Å². The minimum Gasteiger partial charge on any atom is -0.491 e. The summed E-state index contributed by atoms with van der Waals surface area (Å²) in [6.45, 7) is 13.2. The van der Waals surface area contributed by atoms with Gasteiger partial charge in [-0.1, -0.05) is 39.0 Å². The summed E-state index contributed by atoms with van der Waals surface area (Å²) in [6.07, 6.45) is 1.67. The molecule has 3 aliphatic rings. The van der Waals surface area contributed by atoms with Crippen LogP contribution in [0.2, 0.25) is 0 Å². The van der Waals surface area contributed by atoms with Crippen LogP contribution in [0.4, 0.5) is 10.1 Å². The number of anilines is 1. The lowest BCUT2D eigenvalue weighted by Crippen LogP contribution is -2.58. The molecule has 1 aliphatic heterocycles. The van der Waals surface area contributed by atoms with Gasteiger partial charge in [-0.2, -0.15) is 4.98 Å². The van der Waals surface area contributed by atoms with E-state index in [9.17, 15) is 27.2 Å². The fraction of sp³-hybridized carbons (Fsp3) is 0.400. The highest BCUT2D eigenvalue weighted by Crippen LogP contribution is 2.46. The second-order valence-electron chi connectivity index (χ2n) is 17.4. The van der Waals surface area contributed by atoms with Crippen molar-refractivity contribution in [2.45, 2.75) is 95.4 Å². The molecule has 3 aromatic carbocycles. The molecular formula is C45H49FN6O8S. The SMILES string of the molecule is C=C[C@@H]1CC1(NC(=O)[C@@H]1C[C@@H](Oc2nc(-c3ccc(OC(C)C)cc3)nc3c2oc2ccccc23)CN1C(=O)C(Nc1ccc(F)cc1)C(C)(C)C)C(=O)NS(=O)(=O)C1CC1. The number of nitrogens with zero attached hydrogens (tertiary/aromatic N) is 3. The van der Waals surface area contributed by atoms with Crippen molar-refractivity contribution in [2.24, 2.45) is 11.3 Å². The number of fused-ring (bicyclic) bond motifs is 3.